The minimum absolute atomic E-state index is 0.753. The van der Waals surface area contributed by atoms with Crippen molar-refractivity contribution in [3.63, 3.8) is 0 Å². The Morgan fingerprint density at radius 2 is 1.82 bits per heavy atom. The zero-order valence-electron chi connectivity index (χ0n) is 6.90. The van der Waals surface area contributed by atoms with Gasteiger partial charge in [0.25, 0.3) is 0 Å². The standard InChI is InChI=1S/C7H11N3S/c1-10(2)7-8-4-6(11-3)5-9-7/h4-5H,1-3H3. The highest BCUT2D eigenvalue weighted by Crippen LogP contribution is 2.12. The number of nitrogens with zero attached hydrogens (tertiary/aromatic N) is 3. The predicted octanol–water partition coefficient (Wildman–Crippen LogP) is 1.26. The van der Waals surface area contributed by atoms with Crippen molar-refractivity contribution in [3.8, 4) is 0 Å². The maximum atomic E-state index is 4.14. The first kappa shape index (κ1) is 8.33. The molecule has 0 aromatic carbocycles. The molecule has 0 spiro atoms. The van der Waals surface area contributed by atoms with Crippen LogP contribution in [0, 0.1) is 0 Å². The largest absolute Gasteiger partial charge is 0.347 e. The van der Waals surface area contributed by atoms with Gasteiger partial charge in [-0.3, -0.25) is 0 Å². The zero-order valence-corrected chi connectivity index (χ0v) is 7.72. The summed E-state index contributed by atoms with van der Waals surface area (Å²) in [7, 11) is 3.85. The Labute approximate surface area is 70.8 Å². The van der Waals surface area contributed by atoms with Crippen LogP contribution in [0.25, 0.3) is 0 Å². The lowest BCUT2D eigenvalue weighted by atomic mass is 10.6. The Balaban J connectivity index is 2.83. The number of rotatable bonds is 2. The average Bonchev–Trinajstić information content (AvgIpc) is 2.05. The number of hydrogen-bond acceptors (Lipinski definition) is 4. The van der Waals surface area contributed by atoms with E-state index in [2.05, 4.69) is 9.97 Å². The van der Waals surface area contributed by atoms with Crippen LogP contribution in [0.15, 0.2) is 17.3 Å². The second-order valence-electron chi connectivity index (χ2n) is 2.32. The lowest BCUT2D eigenvalue weighted by Crippen LogP contribution is -2.12. The minimum atomic E-state index is 0.753. The predicted molar refractivity (Wildman–Crippen MR) is 48.1 cm³/mol. The molecule has 0 aliphatic rings. The van der Waals surface area contributed by atoms with Gasteiger partial charge in [0, 0.05) is 31.4 Å². The number of anilines is 1. The normalized spacial score (nSPS) is 9.73. The molecule has 0 aliphatic heterocycles. The molecule has 3 nitrogen and oxygen atoms in total. The lowest BCUT2D eigenvalue weighted by molar-refractivity contribution is 0.976. The van der Waals surface area contributed by atoms with Crippen LogP contribution in [0.2, 0.25) is 0 Å². The molecule has 11 heavy (non-hydrogen) atoms. The van der Waals surface area contributed by atoms with Crippen molar-refractivity contribution in [1.82, 2.24) is 9.97 Å². The number of hydrogen-bond donors (Lipinski definition) is 0. The van der Waals surface area contributed by atoms with Gasteiger partial charge in [0.2, 0.25) is 5.95 Å². The molecule has 0 fully saturated rings. The van der Waals surface area contributed by atoms with Gasteiger partial charge in [-0.25, -0.2) is 9.97 Å². The van der Waals surface area contributed by atoms with Crippen molar-refractivity contribution in [3.05, 3.63) is 12.4 Å². The van der Waals surface area contributed by atoms with Gasteiger partial charge in [-0.15, -0.1) is 11.8 Å². The zero-order chi connectivity index (χ0) is 8.27. The summed E-state index contributed by atoms with van der Waals surface area (Å²) in [5, 5.41) is 0. The molecule has 0 radical (unpaired) electrons. The molecule has 0 aliphatic carbocycles. The van der Waals surface area contributed by atoms with Crippen molar-refractivity contribution in [2.75, 3.05) is 25.3 Å². The first-order valence-corrected chi connectivity index (χ1v) is 4.50. The van der Waals surface area contributed by atoms with E-state index in [0.29, 0.717) is 0 Å². The van der Waals surface area contributed by atoms with Crippen molar-refractivity contribution in [2.45, 2.75) is 4.90 Å². The summed E-state index contributed by atoms with van der Waals surface area (Å²) in [6, 6.07) is 0. The summed E-state index contributed by atoms with van der Waals surface area (Å²) in [5.74, 6) is 0.753. The Bertz CT molecular complexity index is 220. The first-order valence-electron chi connectivity index (χ1n) is 3.27. The van der Waals surface area contributed by atoms with E-state index in [1.807, 2.05) is 37.6 Å². The number of aromatic nitrogens is 2. The molecule has 0 bridgehead atoms. The van der Waals surface area contributed by atoms with Crippen LogP contribution in [0.5, 0.6) is 0 Å². The SMILES string of the molecule is CSc1cnc(N(C)C)nc1. The first-order chi connectivity index (χ1) is 5.24. The van der Waals surface area contributed by atoms with Gasteiger partial charge in [-0.05, 0) is 6.26 Å². The highest BCUT2D eigenvalue weighted by Gasteiger charge is 1.96. The van der Waals surface area contributed by atoms with Gasteiger partial charge in [0.1, 0.15) is 0 Å². The third-order valence-corrected chi connectivity index (χ3v) is 1.93. The third-order valence-electron chi connectivity index (χ3n) is 1.25. The van der Waals surface area contributed by atoms with Crippen molar-refractivity contribution < 1.29 is 0 Å². The van der Waals surface area contributed by atoms with E-state index in [1.165, 1.54) is 0 Å². The van der Waals surface area contributed by atoms with E-state index in [1.54, 1.807) is 11.8 Å². The van der Waals surface area contributed by atoms with E-state index >= 15 is 0 Å². The molecule has 0 amide bonds. The fraction of sp³-hybridized carbons (Fsp3) is 0.429. The minimum Gasteiger partial charge on any atom is -0.347 e. The summed E-state index contributed by atoms with van der Waals surface area (Å²) < 4.78 is 0. The molecule has 0 N–H and O–H groups in total. The fourth-order valence-electron chi connectivity index (χ4n) is 0.646. The Morgan fingerprint density at radius 3 is 2.18 bits per heavy atom. The Hall–Kier alpha value is -0.770. The van der Waals surface area contributed by atoms with Gasteiger partial charge in [0.05, 0.1) is 0 Å². The fourth-order valence-corrected chi connectivity index (χ4v) is 0.962. The van der Waals surface area contributed by atoms with Crippen molar-refractivity contribution >= 4 is 17.7 Å². The van der Waals surface area contributed by atoms with Crippen LogP contribution in [-0.4, -0.2) is 30.3 Å². The molecule has 0 saturated carbocycles. The lowest BCUT2D eigenvalue weighted by Gasteiger charge is -2.08. The van der Waals surface area contributed by atoms with Crippen LogP contribution < -0.4 is 4.90 Å². The molecule has 0 unspecified atom stereocenters. The van der Waals surface area contributed by atoms with Gasteiger partial charge >= 0.3 is 0 Å². The molecule has 1 aromatic rings. The summed E-state index contributed by atoms with van der Waals surface area (Å²) in [6.07, 6.45) is 5.66. The second kappa shape index (κ2) is 3.57. The van der Waals surface area contributed by atoms with E-state index in [9.17, 15) is 0 Å². The van der Waals surface area contributed by atoms with Crippen LogP contribution >= 0.6 is 11.8 Å². The molecule has 4 heteroatoms. The average molecular weight is 169 g/mol. The molecule has 60 valence electrons. The molecule has 1 aromatic heterocycles. The molecular weight excluding hydrogens is 158 g/mol. The van der Waals surface area contributed by atoms with Crippen LogP contribution in [0.4, 0.5) is 5.95 Å². The highest BCUT2D eigenvalue weighted by molar-refractivity contribution is 7.98. The quantitative estimate of drug-likeness (QED) is 0.623. The van der Waals surface area contributed by atoms with E-state index < -0.39 is 0 Å². The number of thioether (sulfide) groups is 1. The molecule has 1 heterocycles. The molecule has 0 saturated heterocycles. The van der Waals surface area contributed by atoms with Crippen LogP contribution in [-0.2, 0) is 0 Å². The maximum absolute atomic E-state index is 4.14. The molecule has 0 atom stereocenters. The van der Waals surface area contributed by atoms with E-state index in [-0.39, 0.29) is 0 Å². The van der Waals surface area contributed by atoms with E-state index in [4.69, 9.17) is 0 Å². The van der Waals surface area contributed by atoms with Gasteiger partial charge in [-0.1, -0.05) is 0 Å². The third kappa shape index (κ3) is 2.08. The van der Waals surface area contributed by atoms with Crippen LogP contribution in [0.1, 0.15) is 0 Å². The second-order valence-corrected chi connectivity index (χ2v) is 3.20. The molecule has 1 rings (SSSR count). The highest BCUT2D eigenvalue weighted by atomic mass is 32.2. The molecular formula is C7H11N3S. The van der Waals surface area contributed by atoms with Gasteiger partial charge < -0.3 is 4.90 Å². The summed E-state index contributed by atoms with van der Waals surface area (Å²) in [6.45, 7) is 0. The van der Waals surface area contributed by atoms with Gasteiger partial charge in [-0.2, -0.15) is 0 Å². The summed E-state index contributed by atoms with van der Waals surface area (Å²) in [5.41, 5.74) is 0. The Kier molecular flexibility index (Phi) is 2.70. The maximum Gasteiger partial charge on any atom is 0.224 e. The summed E-state index contributed by atoms with van der Waals surface area (Å²) in [4.78, 5) is 11.3. The van der Waals surface area contributed by atoms with E-state index in [0.717, 1.165) is 10.8 Å². The smallest absolute Gasteiger partial charge is 0.224 e. The van der Waals surface area contributed by atoms with Crippen molar-refractivity contribution in [1.29, 1.82) is 0 Å². The summed E-state index contributed by atoms with van der Waals surface area (Å²) >= 11 is 1.65. The monoisotopic (exact) mass is 169 g/mol. The Morgan fingerprint density at radius 1 is 1.27 bits per heavy atom. The van der Waals surface area contributed by atoms with Crippen LogP contribution in [0.3, 0.4) is 0 Å². The van der Waals surface area contributed by atoms with Gasteiger partial charge in [0.15, 0.2) is 0 Å². The topological polar surface area (TPSA) is 29.0 Å². The van der Waals surface area contributed by atoms with Crippen molar-refractivity contribution in [2.24, 2.45) is 0 Å².